The van der Waals surface area contributed by atoms with Crippen molar-refractivity contribution in [2.45, 2.75) is 30.9 Å². The minimum Gasteiger partial charge on any atom is -0.456 e. The number of hydrogen-bond donors (Lipinski definition) is 1. The molecule has 15 heavy (non-hydrogen) atoms. The van der Waals surface area contributed by atoms with E-state index in [1.807, 2.05) is 0 Å². The van der Waals surface area contributed by atoms with Gasteiger partial charge in [0, 0.05) is 5.41 Å². The van der Waals surface area contributed by atoms with E-state index in [1.165, 1.54) is 6.07 Å². The molecule has 5 heteroatoms. The first-order valence-corrected chi connectivity index (χ1v) is 4.85. The summed E-state index contributed by atoms with van der Waals surface area (Å²) in [5, 5.41) is 0. The van der Waals surface area contributed by atoms with Crippen molar-refractivity contribution in [2.75, 3.05) is 6.54 Å². The Hall–Kier alpha value is -0.970. The van der Waals surface area contributed by atoms with Gasteiger partial charge in [0.25, 0.3) is 0 Å². The summed E-state index contributed by atoms with van der Waals surface area (Å²) in [6, 6.07) is 2.41. The van der Waals surface area contributed by atoms with Crippen LogP contribution in [-0.2, 0) is 11.6 Å². The normalized spacial score (nSPS) is 19.2. The van der Waals surface area contributed by atoms with Crippen molar-refractivity contribution in [1.82, 2.24) is 0 Å². The Bertz CT molecular complexity index is 352. The Morgan fingerprint density at radius 2 is 2.00 bits per heavy atom. The van der Waals surface area contributed by atoms with Crippen molar-refractivity contribution in [3.05, 3.63) is 23.7 Å². The molecule has 0 saturated heterocycles. The molecule has 2 nitrogen and oxygen atoms in total. The van der Waals surface area contributed by atoms with E-state index >= 15 is 0 Å². The summed E-state index contributed by atoms with van der Waals surface area (Å²) in [6.07, 6.45) is -1.96. The Morgan fingerprint density at radius 3 is 2.40 bits per heavy atom. The van der Waals surface area contributed by atoms with Gasteiger partial charge in [-0.25, -0.2) is 0 Å². The van der Waals surface area contributed by atoms with Crippen LogP contribution in [0.15, 0.2) is 16.5 Å². The van der Waals surface area contributed by atoms with Crippen LogP contribution in [-0.4, -0.2) is 6.54 Å². The number of rotatable bonds is 3. The highest BCUT2D eigenvalue weighted by atomic mass is 19.4. The van der Waals surface area contributed by atoms with E-state index in [1.54, 1.807) is 0 Å². The van der Waals surface area contributed by atoms with E-state index in [0.29, 0.717) is 18.7 Å². The Labute approximate surface area is 85.2 Å². The summed E-state index contributed by atoms with van der Waals surface area (Å²) >= 11 is 0. The fourth-order valence-corrected chi connectivity index (χ4v) is 1.82. The first-order valence-electron chi connectivity index (χ1n) is 4.85. The maximum atomic E-state index is 12.3. The zero-order chi connectivity index (χ0) is 11.1. The van der Waals surface area contributed by atoms with Crippen LogP contribution >= 0.6 is 0 Å². The van der Waals surface area contributed by atoms with Crippen LogP contribution in [0.1, 0.15) is 30.8 Å². The lowest BCUT2D eigenvalue weighted by atomic mass is 10.00. The van der Waals surface area contributed by atoms with Gasteiger partial charge in [0.05, 0.1) is 0 Å². The average Bonchev–Trinajstić information content (AvgIpc) is 2.75. The maximum Gasteiger partial charge on any atom is 0.449 e. The van der Waals surface area contributed by atoms with Gasteiger partial charge in [-0.1, -0.05) is 0 Å². The highest BCUT2D eigenvalue weighted by Crippen LogP contribution is 2.51. The molecule has 2 N–H and O–H groups in total. The van der Waals surface area contributed by atoms with Crippen molar-refractivity contribution in [1.29, 1.82) is 0 Å². The minimum absolute atomic E-state index is 0.210. The molecule has 0 amide bonds. The van der Waals surface area contributed by atoms with Crippen LogP contribution in [0.4, 0.5) is 13.2 Å². The van der Waals surface area contributed by atoms with E-state index < -0.39 is 11.9 Å². The smallest absolute Gasteiger partial charge is 0.449 e. The van der Waals surface area contributed by atoms with E-state index in [4.69, 9.17) is 10.2 Å². The number of alkyl halides is 3. The number of nitrogens with two attached hydrogens (primary N) is 1. The van der Waals surface area contributed by atoms with E-state index in [0.717, 1.165) is 18.9 Å². The highest BCUT2D eigenvalue weighted by molar-refractivity contribution is 5.24. The average molecular weight is 219 g/mol. The third kappa shape index (κ3) is 1.88. The van der Waals surface area contributed by atoms with Gasteiger partial charge in [-0.05, 0) is 37.9 Å². The Morgan fingerprint density at radius 1 is 1.33 bits per heavy atom. The molecule has 1 aromatic heterocycles. The molecule has 0 spiro atoms. The molecule has 0 aliphatic heterocycles. The monoisotopic (exact) mass is 219 g/mol. The molecule has 0 atom stereocenters. The minimum atomic E-state index is -4.39. The second-order valence-corrected chi connectivity index (χ2v) is 3.98. The van der Waals surface area contributed by atoms with Crippen molar-refractivity contribution < 1.29 is 17.6 Å². The van der Waals surface area contributed by atoms with Crippen molar-refractivity contribution >= 4 is 0 Å². The quantitative estimate of drug-likeness (QED) is 0.848. The van der Waals surface area contributed by atoms with Gasteiger partial charge in [0.2, 0.25) is 5.76 Å². The summed E-state index contributed by atoms with van der Waals surface area (Å²) in [5.41, 5.74) is 5.21. The van der Waals surface area contributed by atoms with Gasteiger partial charge in [-0.15, -0.1) is 0 Å². The third-order valence-corrected chi connectivity index (χ3v) is 2.88. The summed E-state index contributed by atoms with van der Waals surface area (Å²) in [6.45, 7) is 0.474. The summed E-state index contributed by atoms with van der Waals surface area (Å²) < 4.78 is 41.7. The first-order chi connectivity index (χ1) is 6.98. The standard InChI is InChI=1S/C10H12F3NO/c11-10(12,13)8-2-1-7(15-8)9(3-4-9)5-6-14/h1-2H,3-6,14H2. The summed E-state index contributed by atoms with van der Waals surface area (Å²) in [7, 11) is 0. The molecule has 1 heterocycles. The van der Waals surface area contributed by atoms with Crippen LogP contribution < -0.4 is 5.73 Å². The molecule has 0 unspecified atom stereocenters. The molecule has 1 aromatic rings. The van der Waals surface area contributed by atoms with Gasteiger partial charge < -0.3 is 10.2 Å². The molecule has 0 radical (unpaired) electrons. The lowest BCUT2D eigenvalue weighted by Crippen LogP contribution is -2.12. The SMILES string of the molecule is NCCC1(c2ccc(C(F)(F)F)o2)CC1. The molecule has 0 bridgehead atoms. The fraction of sp³-hybridized carbons (Fsp3) is 0.600. The fourth-order valence-electron chi connectivity index (χ4n) is 1.82. The summed E-state index contributed by atoms with van der Waals surface area (Å²) in [5.74, 6) is -0.485. The molecule has 1 fully saturated rings. The predicted octanol–water partition coefficient (Wildman–Crippen LogP) is 2.68. The van der Waals surface area contributed by atoms with Crippen LogP contribution in [0.3, 0.4) is 0 Å². The molecule has 84 valence electrons. The Kier molecular flexibility index (Phi) is 2.30. The highest BCUT2D eigenvalue weighted by Gasteiger charge is 2.47. The molecular weight excluding hydrogens is 207 g/mol. The van der Waals surface area contributed by atoms with E-state index in [9.17, 15) is 13.2 Å². The zero-order valence-corrected chi connectivity index (χ0v) is 8.10. The van der Waals surface area contributed by atoms with Gasteiger partial charge in [-0.3, -0.25) is 0 Å². The largest absolute Gasteiger partial charge is 0.456 e. The zero-order valence-electron chi connectivity index (χ0n) is 8.10. The van der Waals surface area contributed by atoms with Crippen molar-refractivity contribution in [3.63, 3.8) is 0 Å². The second-order valence-electron chi connectivity index (χ2n) is 3.98. The van der Waals surface area contributed by atoms with Gasteiger partial charge >= 0.3 is 6.18 Å². The molecular formula is C10H12F3NO. The van der Waals surface area contributed by atoms with E-state index in [2.05, 4.69) is 0 Å². The van der Waals surface area contributed by atoms with Gasteiger partial charge in [0.1, 0.15) is 5.76 Å². The number of halogens is 3. The third-order valence-electron chi connectivity index (χ3n) is 2.88. The second kappa shape index (κ2) is 3.27. The molecule has 0 aromatic carbocycles. The molecule has 1 aliphatic carbocycles. The van der Waals surface area contributed by atoms with Crippen LogP contribution in [0.2, 0.25) is 0 Å². The molecule has 1 aliphatic rings. The number of furan rings is 1. The predicted molar refractivity (Wildman–Crippen MR) is 48.3 cm³/mol. The molecule has 2 rings (SSSR count). The molecule has 1 saturated carbocycles. The van der Waals surface area contributed by atoms with Crippen molar-refractivity contribution in [3.8, 4) is 0 Å². The maximum absolute atomic E-state index is 12.3. The number of hydrogen-bond acceptors (Lipinski definition) is 2. The van der Waals surface area contributed by atoms with Crippen LogP contribution in [0, 0.1) is 0 Å². The van der Waals surface area contributed by atoms with Gasteiger partial charge in [-0.2, -0.15) is 13.2 Å². The van der Waals surface area contributed by atoms with Crippen molar-refractivity contribution in [2.24, 2.45) is 5.73 Å². The van der Waals surface area contributed by atoms with Crippen LogP contribution in [0.5, 0.6) is 0 Å². The summed E-state index contributed by atoms with van der Waals surface area (Å²) in [4.78, 5) is 0. The van der Waals surface area contributed by atoms with Gasteiger partial charge in [0.15, 0.2) is 0 Å². The topological polar surface area (TPSA) is 39.2 Å². The Balaban J connectivity index is 2.21. The van der Waals surface area contributed by atoms with Crippen LogP contribution in [0.25, 0.3) is 0 Å². The lowest BCUT2D eigenvalue weighted by Gasteiger charge is -2.10. The first kappa shape index (κ1) is 10.5. The van der Waals surface area contributed by atoms with E-state index in [-0.39, 0.29) is 5.41 Å². The lowest BCUT2D eigenvalue weighted by molar-refractivity contribution is -0.153.